The lowest BCUT2D eigenvalue weighted by atomic mass is 10.2. The molecule has 0 heterocycles. The first-order chi connectivity index (χ1) is 7.81. The number of terminal acetylenes is 1. The third kappa shape index (κ3) is 6.67. The van der Waals surface area contributed by atoms with Crippen LogP contribution in [0, 0.1) is 23.8 Å². The van der Waals surface area contributed by atoms with Gasteiger partial charge in [0, 0.05) is 0 Å². The van der Waals surface area contributed by atoms with Crippen LogP contribution in [0.3, 0.4) is 0 Å². The minimum absolute atomic E-state index is 0.319. The summed E-state index contributed by atoms with van der Waals surface area (Å²) in [7, 11) is -1.46. The third-order valence-electron chi connectivity index (χ3n) is 2.97. The number of allylic oxidation sites excluding steroid dienone is 6. The molecule has 0 aliphatic carbocycles. The van der Waals surface area contributed by atoms with Crippen LogP contribution in [0.4, 0.5) is 0 Å². The fourth-order valence-corrected chi connectivity index (χ4v) is 1.57. The molecule has 0 aromatic rings. The molecule has 0 N–H and O–H groups in total. The summed E-state index contributed by atoms with van der Waals surface area (Å²) in [6.45, 7) is 11.4. The molecule has 0 amide bonds. The Kier molecular flexibility index (Phi) is 6.40. The van der Waals surface area contributed by atoms with Crippen LogP contribution >= 0.6 is 0 Å². The third-order valence-corrected chi connectivity index (χ3v) is 7.48. The van der Waals surface area contributed by atoms with Crippen molar-refractivity contribution in [2.24, 2.45) is 0 Å². The predicted octanol–water partition coefficient (Wildman–Crippen LogP) is 4.34. The average Bonchev–Trinajstić information content (AvgIpc) is 2.20. The highest BCUT2D eigenvalue weighted by Gasteiger charge is 2.33. The van der Waals surface area contributed by atoms with Crippen molar-refractivity contribution in [2.75, 3.05) is 0 Å². The first-order valence-corrected chi connectivity index (χ1v) is 8.78. The lowest BCUT2D eigenvalue weighted by molar-refractivity contribution is 0.731. The second-order valence-corrected chi connectivity index (χ2v) is 10.4. The van der Waals surface area contributed by atoms with Gasteiger partial charge in [-0.3, -0.25) is 0 Å². The van der Waals surface area contributed by atoms with Crippen LogP contribution in [0.2, 0.25) is 18.1 Å². The highest BCUT2D eigenvalue weighted by atomic mass is 28.3. The molecule has 0 bridgehead atoms. The molecule has 0 spiro atoms. The highest BCUT2D eigenvalue weighted by molar-refractivity contribution is 6.87. The minimum Gasteiger partial charge on any atom is -0.127 e. The van der Waals surface area contributed by atoms with Crippen LogP contribution in [0.5, 0.6) is 0 Å². The maximum absolute atomic E-state index is 5.07. The Labute approximate surface area is 108 Å². The lowest BCUT2D eigenvalue weighted by Crippen LogP contribution is -2.35. The molecule has 0 nitrogen and oxygen atoms in total. The summed E-state index contributed by atoms with van der Waals surface area (Å²) in [6, 6.07) is 0. The van der Waals surface area contributed by atoms with E-state index in [0.29, 0.717) is 5.04 Å². The van der Waals surface area contributed by atoms with Crippen molar-refractivity contribution >= 4 is 8.07 Å². The molecule has 0 rings (SSSR count). The Morgan fingerprint density at radius 2 is 1.47 bits per heavy atom. The normalized spacial score (nSPS) is 12.9. The predicted molar refractivity (Wildman–Crippen MR) is 81.2 cm³/mol. The van der Waals surface area contributed by atoms with Gasteiger partial charge in [0.1, 0.15) is 8.07 Å². The molecule has 0 unspecified atom stereocenters. The van der Waals surface area contributed by atoms with Crippen molar-refractivity contribution in [3.05, 3.63) is 36.5 Å². The van der Waals surface area contributed by atoms with Gasteiger partial charge >= 0.3 is 0 Å². The molecule has 17 heavy (non-hydrogen) atoms. The van der Waals surface area contributed by atoms with Gasteiger partial charge in [-0.05, 0) is 17.2 Å². The summed E-state index contributed by atoms with van der Waals surface area (Å²) < 4.78 is 0. The van der Waals surface area contributed by atoms with Crippen molar-refractivity contribution in [3.8, 4) is 23.8 Å². The van der Waals surface area contributed by atoms with Crippen LogP contribution in [-0.4, -0.2) is 8.07 Å². The summed E-state index contributed by atoms with van der Waals surface area (Å²) >= 11 is 0. The summed E-state index contributed by atoms with van der Waals surface area (Å²) in [5, 5.41) is 0.319. The Bertz CT molecular complexity index is 409. The van der Waals surface area contributed by atoms with Crippen LogP contribution in [0.1, 0.15) is 20.8 Å². The molecule has 1 heteroatoms. The van der Waals surface area contributed by atoms with Crippen molar-refractivity contribution in [3.63, 3.8) is 0 Å². The lowest BCUT2D eigenvalue weighted by Gasteiger charge is -2.31. The van der Waals surface area contributed by atoms with E-state index in [1.807, 2.05) is 30.4 Å². The molecule has 0 aromatic carbocycles. The van der Waals surface area contributed by atoms with Gasteiger partial charge in [-0.15, -0.1) is 12.0 Å². The molecule has 90 valence electrons. The largest absolute Gasteiger partial charge is 0.138 e. The van der Waals surface area contributed by atoms with Gasteiger partial charge in [0.2, 0.25) is 0 Å². The summed E-state index contributed by atoms with van der Waals surface area (Å²) in [4.78, 5) is 0. The zero-order valence-electron chi connectivity index (χ0n) is 11.5. The van der Waals surface area contributed by atoms with Gasteiger partial charge in [-0.1, -0.05) is 70.0 Å². The molecule has 0 aromatic heterocycles. The maximum atomic E-state index is 5.07. The van der Waals surface area contributed by atoms with Crippen LogP contribution in [-0.2, 0) is 0 Å². The zero-order chi connectivity index (χ0) is 13.4. The molecule has 0 fully saturated rings. The Hall–Kier alpha value is -1.44. The average molecular weight is 242 g/mol. The number of rotatable bonds is 2. The molecule has 0 saturated carbocycles. The van der Waals surface area contributed by atoms with Gasteiger partial charge in [-0.2, -0.15) is 0 Å². The van der Waals surface area contributed by atoms with E-state index in [4.69, 9.17) is 6.42 Å². The van der Waals surface area contributed by atoms with Crippen LogP contribution in [0.25, 0.3) is 0 Å². The monoisotopic (exact) mass is 242 g/mol. The van der Waals surface area contributed by atoms with Gasteiger partial charge in [0.15, 0.2) is 0 Å². The quantitative estimate of drug-likeness (QED) is 0.384. The maximum Gasteiger partial charge on any atom is 0.138 e. The van der Waals surface area contributed by atoms with Crippen molar-refractivity contribution < 1.29 is 0 Å². The first kappa shape index (κ1) is 15.6. The number of hydrogen-bond acceptors (Lipinski definition) is 0. The Morgan fingerprint density at radius 3 is 1.94 bits per heavy atom. The Balaban J connectivity index is 4.41. The van der Waals surface area contributed by atoms with Gasteiger partial charge in [0.05, 0.1) is 0 Å². The van der Waals surface area contributed by atoms with E-state index in [1.165, 1.54) is 0 Å². The molecule has 0 atom stereocenters. The van der Waals surface area contributed by atoms with E-state index in [-0.39, 0.29) is 0 Å². The van der Waals surface area contributed by atoms with Crippen molar-refractivity contribution in [1.82, 2.24) is 0 Å². The van der Waals surface area contributed by atoms with Crippen LogP contribution < -0.4 is 0 Å². The smallest absolute Gasteiger partial charge is 0.127 e. The van der Waals surface area contributed by atoms with Crippen molar-refractivity contribution in [2.45, 2.75) is 38.9 Å². The molecule has 0 aliphatic heterocycles. The molecule has 0 aliphatic rings. The highest BCUT2D eigenvalue weighted by Crippen LogP contribution is 2.34. The van der Waals surface area contributed by atoms with E-state index in [1.54, 1.807) is 6.08 Å². The zero-order valence-corrected chi connectivity index (χ0v) is 12.5. The van der Waals surface area contributed by atoms with E-state index < -0.39 is 8.07 Å². The van der Waals surface area contributed by atoms with Crippen molar-refractivity contribution in [1.29, 1.82) is 0 Å². The Morgan fingerprint density at radius 1 is 0.941 bits per heavy atom. The van der Waals surface area contributed by atoms with E-state index in [2.05, 4.69) is 51.2 Å². The fourth-order valence-electron chi connectivity index (χ4n) is 0.753. The first-order valence-electron chi connectivity index (χ1n) is 5.78. The topological polar surface area (TPSA) is 0 Å². The number of hydrogen-bond donors (Lipinski definition) is 0. The molecule has 0 radical (unpaired) electrons. The summed E-state index contributed by atoms with van der Waals surface area (Å²) in [6.07, 6.45) is 16.2. The molecule has 0 saturated heterocycles. The second-order valence-electron chi connectivity index (χ2n) is 5.41. The molecular weight excluding hydrogens is 220 g/mol. The van der Waals surface area contributed by atoms with Gasteiger partial charge in [0.25, 0.3) is 0 Å². The standard InChI is InChI=1S/C16H22Si/c1-7-8-9-10-11-12-13-14-15-17(5,6)16(2,3)4/h1,8-13H,2-6H3/b9-8+,11-10+,13-12+. The summed E-state index contributed by atoms with van der Waals surface area (Å²) in [5.74, 6) is 5.57. The van der Waals surface area contributed by atoms with Gasteiger partial charge < -0.3 is 0 Å². The second kappa shape index (κ2) is 7.00. The van der Waals surface area contributed by atoms with Gasteiger partial charge in [-0.25, -0.2) is 0 Å². The summed E-state index contributed by atoms with van der Waals surface area (Å²) in [5.41, 5.74) is 3.42. The van der Waals surface area contributed by atoms with E-state index >= 15 is 0 Å². The van der Waals surface area contributed by atoms with E-state index in [9.17, 15) is 0 Å². The minimum atomic E-state index is -1.46. The fraction of sp³-hybridized carbons (Fsp3) is 0.375. The molecular formula is C16H22Si. The van der Waals surface area contributed by atoms with Crippen LogP contribution in [0.15, 0.2) is 36.5 Å². The van der Waals surface area contributed by atoms with E-state index in [0.717, 1.165) is 0 Å². The SMILES string of the molecule is C#C/C=C/C=C/C=C/C#C[Si](C)(C)C(C)(C)C.